The molecule has 3 aliphatic heterocycles. The zero-order valence-corrected chi connectivity index (χ0v) is 19.6. The van der Waals surface area contributed by atoms with Gasteiger partial charge in [0.1, 0.15) is 6.10 Å². The van der Waals surface area contributed by atoms with Crippen LogP contribution in [0.4, 0.5) is 0 Å². The number of para-hydroxylation sites is 1. The molecule has 0 spiro atoms. The first kappa shape index (κ1) is 21.5. The summed E-state index contributed by atoms with van der Waals surface area (Å²) in [7, 11) is 5.43. The van der Waals surface area contributed by atoms with Gasteiger partial charge in [0.05, 0.1) is 18.7 Å². The highest BCUT2D eigenvalue weighted by molar-refractivity contribution is 5.90. The molecule has 5 rings (SSSR count). The molecular formula is C25H33N3O4. The van der Waals surface area contributed by atoms with Gasteiger partial charge in [-0.05, 0) is 51.4 Å². The molecule has 2 aromatic rings. The van der Waals surface area contributed by atoms with E-state index in [1.807, 2.05) is 25.9 Å². The Balaban J connectivity index is 1.70. The van der Waals surface area contributed by atoms with Crippen LogP contribution in [0.25, 0.3) is 10.9 Å². The number of ether oxygens (including phenoxy) is 2. The van der Waals surface area contributed by atoms with Crippen molar-refractivity contribution in [2.45, 2.75) is 50.9 Å². The predicted molar refractivity (Wildman–Crippen MR) is 121 cm³/mol. The van der Waals surface area contributed by atoms with Gasteiger partial charge in [-0.3, -0.25) is 14.6 Å². The molecule has 0 N–H and O–H groups in total. The third-order valence-corrected chi connectivity index (χ3v) is 8.05. The van der Waals surface area contributed by atoms with Gasteiger partial charge in [-0.2, -0.15) is 0 Å². The summed E-state index contributed by atoms with van der Waals surface area (Å²) in [6, 6.07) is 8.73. The molecule has 1 aromatic carbocycles. The van der Waals surface area contributed by atoms with E-state index in [2.05, 4.69) is 33.7 Å². The molecule has 172 valence electrons. The number of carbonyl (C=O) groups excluding carboxylic acids is 2. The molecule has 0 saturated carbocycles. The van der Waals surface area contributed by atoms with Crippen LogP contribution in [0.2, 0.25) is 0 Å². The Labute approximate surface area is 189 Å². The molecular weight excluding hydrogens is 406 g/mol. The number of aromatic nitrogens is 1. The molecule has 1 aromatic heterocycles. The van der Waals surface area contributed by atoms with E-state index >= 15 is 0 Å². The van der Waals surface area contributed by atoms with Crippen LogP contribution in [-0.4, -0.2) is 66.7 Å². The number of hydrogen-bond donors (Lipinski definition) is 0. The van der Waals surface area contributed by atoms with Crippen LogP contribution < -0.4 is 0 Å². The lowest BCUT2D eigenvalue weighted by molar-refractivity contribution is -0.169. The number of methoxy groups -OCH3 is 1. The van der Waals surface area contributed by atoms with Crippen LogP contribution in [0.1, 0.15) is 44.0 Å². The minimum Gasteiger partial charge on any atom is -0.466 e. The summed E-state index contributed by atoms with van der Waals surface area (Å²) >= 11 is 0. The van der Waals surface area contributed by atoms with Gasteiger partial charge in [0.25, 0.3) is 0 Å². The summed E-state index contributed by atoms with van der Waals surface area (Å²) < 4.78 is 13.3. The largest absolute Gasteiger partial charge is 0.466 e. The third kappa shape index (κ3) is 2.87. The molecule has 0 amide bonds. The summed E-state index contributed by atoms with van der Waals surface area (Å²) in [6.45, 7) is 5.37. The Morgan fingerprint density at radius 3 is 2.69 bits per heavy atom. The Bertz CT molecular complexity index is 1080. The number of benzene rings is 1. The standard InChI is InChI=1S/C25H33N3O4/c1-15(32-16(2)29)18-12-17-13-25(26(3)4,24(30)31-5)28-21-9-7-6-8-19(21)20-10-11-27(14-18)22(17)23(20)28/h6-9,15,17-18,22H,10-14H2,1-5H3/t15-,17+,18-,22-,25-/m1/s1. The maximum Gasteiger partial charge on any atom is 0.347 e. The van der Waals surface area contributed by atoms with Gasteiger partial charge < -0.3 is 14.0 Å². The average molecular weight is 440 g/mol. The molecule has 0 aliphatic carbocycles. The van der Waals surface area contributed by atoms with Crippen molar-refractivity contribution in [3.8, 4) is 0 Å². The van der Waals surface area contributed by atoms with E-state index in [0.717, 1.165) is 31.4 Å². The molecule has 32 heavy (non-hydrogen) atoms. The van der Waals surface area contributed by atoms with E-state index in [9.17, 15) is 9.59 Å². The summed E-state index contributed by atoms with van der Waals surface area (Å²) in [5, 5.41) is 1.24. The highest BCUT2D eigenvalue weighted by Gasteiger charge is 2.57. The molecule has 3 aliphatic rings. The molecule has 5 atom stereocenters. The fourth-order valence-electron chi connectivity index (χ4n) is 6.74. The predicted octanol–water partition coefficient (Wildman–Crippen LogP) is 2.92. The minimum atomic E-state index is -0.904. The second-order valence-corrected chi connectivity index (χ2v) is 9.88. The lowest BCUT2D eigenvalue weighted by atomic mass is 9.70. The Hall–Kier alpha value is -2.38. The second-order valence-electron chi connectivity index (χ2n) is 9.88. The molecule has 0 unspecified atom stereocenters. The molecule has 1 fully saturated rings. The number of likely N-dealkylation sites (N-methyl/N-ethyl adjacent to an activating group) is 1. The lowest BCUT2D eigenvalue weighted by Gasteiger charge is -2.56. The number of esters is 2. The summed E-state index contributed by atoms with van der Waals surface area (Å²) in [5.41, 5.74) is 2.84. The van der Waals surface area contributed by atoms with Gasteiger partial charge in [0, 0.05) is 43.4 Å². The van der Waals surface area contributed by atoms with E-state index in [4.69, 9.17) is 9.47 Å². The van der Waals surface area contributed by atoms with E-state index in [1.54, 1.807) is 0 Å². The van der Waals surface area contributed by atoms with Crippen molar-refractivity contribution >= 4 is 22.8 Å². The zero-order chi connectivity index (χ0) is 22.8. The number of rotatable bonds is 4. The Kier molecular flexibility index (Phi) is 5.09. The van der Waals surface area contributed by atoms with Gasteiger partial charge in [0.15, 0.2) is 5.66 Å². The minimum absolute atomic E-state index is 0.144. The number of nitrogens with zero attached hydrogens (tertiary/aromatic N) is 3. The van der Waals surface area contributed by atoms with Gasteiger partial charge in [-0.1, -0.05) is 18.2 Å². The van der Waals surface area contributed by atoms with Crippen molar-refractivity contribution in [1.29, 1.82) is 0 Å². The summed E-state index contributed by atoms with van der Waals surface area (Å²) in [6.07, 6.45) is 2.39. The van der Waals surface area contributed by atoms with E-state index in [-0.39, 0.29) is 35.9 Å². The van der Waals surface area contributed by atoms with Crippen molar-refractivity contribution in [1.82, 2.24) is 14.4 Å². The number of hydrogen-bond acceptors (Lipinski definition) is 6. The van der Waals surface area contributed by atoms with Crippen molar-refractivity contribution in [3.05, 3.63) is 35.5 Å². The summed E-state index contributed by atoms with van der Waals surface area (Å²) in [4.78, 5) is 29.7. The highest BCUT2D eigenvalue weighted by atomic mass is 16.5. The molecule has 4 heterocycles. The van der Waals surface area contributed by atoms with Crippen molar-refractivity contribution in [2.75, 3.05) is 34.3 Å². The van der Waals surface area contributed by atoms with Gasteiger partial charge in [-0.25, -0.2) is 4.79 Å². The fraction of sp³-hybridized carbons (Fsp3) is 0.600. The summed E-state index contributed by atoms with van der Waals surface area (Å²) in [5.74, 6) is 0.0533. The molecule has 7 nitrogen and oxygen atoms in total. The monoisotopic (exact) mass is 439 g/mol. The van der Waals surface area contributed by atoms with Crippen LogP contribution >= 0.6 is 0 Å². The number of carbonyl (C=O) groups is 2. The second kappa shape index (κ2) is 7.59. The van der Waals surface area contributed by atoms with Crippen molar-refractivity contribution in [2.24, 2.45) is 11.8 Å². The zero-order valence-electron chi connectivity index (χ0n) is 19.6. The van der Waals surface area contributed by atoms with Gasteiger partial charge in [0.2, 0.25) is 0 Å². The maximum absolute atomic E-state index is 13.5. The van der Waals surface area contributed by atoms with Crippen molar-refractivity contribution in [3.63, 3.8) is 0 Å². The average Bonchev–Trinajstić information content (AvgIpc) is 3.11. The highest BCUT2D eigenvalue weighted by Crippen LogP contribution is 2.55. The fourth-order valence-corrected chi connectivity index (χ4v) is 6.74. The smallest absolute Gasteiger partial charge is 0.347 e. The first-order valence-electron chi connectivity index (χ1n) is 11.6. The maximum atomic E-state index is 13.5. The van der Waals surface area contributed by atoms with Crippen LogP contribution in [0.3, 0.4) is 0 Å². The van der Waals surface area contributed by atoms with E-state index < -0.39 is 5.66 Å². The lowest BCUT2D eigenvalue weighted by Crippen LogP contribution is -2.62. The van der Waals surface area contributed by atoms with Gasteiger partial charge >= 0.3 is 11.9 Å². The molecule has 0 bridgehead atoms. The third-order valence-electron chi connectivity index (χ3n) is 8.05. The Morgan fingerprint density at radius 2 is 2.00 bits per heavy atom. The van der Waals surface area contributed by atoms with Crippen LogP contribution in [0, 0.1) is 11.8 Å². The first-order valence-corrected chi connectivity index (χ1v) is 11.6. The number of piperidine rings is 1. The van der Waals surface area contributed by atoms with Crippen molar-refractivity contribution < 1.29 is 19.1 Å². The Morgan fingerprint density at radius 1 is 1.25 bits per heavy atom. The van der Waals surface area contributed by atoms with E-state index in [1.165, 1.54) is 30.7 Å². The SMILES string of the molecule is COC(=O)[C@@]1(N(C)C)C[C@@H]2C[C@@H]([C@@H](C)OC(C)=O)CN3CCc4c(n1c1ccccc41)[C@@H]23. The quantitative estimate of drug-likeness (QED) is 0.683. The van der Waals surface area contributed by atoms with Crippen LogP contribution in [-0.2, 0) is 31.1 Å². The molecule has 0 radical (unpaired) electrons. The molecule has 1 saturated heterocycles. The van der Waals surface area contributed by atoms with Gasteiger partial charge in [-0.15, -0.1) is 0 Å². The molecule has 7 heteroatoms. The number of fused-ring (bicyclic) bond motifs is 3. The van der Waals surface area contributed by atoms with Crippen LogP contribution in [0.5, 0.6) is 0 Å². The first-order chi connectivity index (χ1) is 15.3. The topological polar surface area (TPSA) is 64.0 Å². The van der Waals surface area contributed by atoms with E-state index in [0.29, 0.717) is 6.42 Å². The van der Waals surface area contributed by atoms with Crippen LogP contribution in [0.15, 0.2) is 24.3 Å². The normalized spacial score (nSPS) is 30.1.